The fourth-order valence-electron chi connectivity index (χ4n) is 0.773. The van der Waals surface area contributed by atoms with Crippen molar-refractivity contribution in [2.75, 3.05) is 0 Å². The Morgan fingerprint density at radius 1 is 1.55 bits per heavy atom. The van der Waals surface area contributed by atoms with E-state index >= 15 is 0 Å². The van der Waals surface area contributed by atoms with E-state index in [2.05, 4.69) is 0 Å². The smallest absolute Gasteiger partial charge is 0.151 e. The van der Waals surface area contributed by atoms with E-state index in [4.69, 9.17) is 11.6 Å². The van der Waals surface area contributed by atoms with Gasteiger partial charge in [-0.25, -0.2) is 4.39 Å². The largest absolute Gasteiger partial charge is 0.298 e. The quantitative estimate of drug-likeness (QED) is 0.595. The number of carbonyl (C=O) groups is 1. The monoisotopic (exact) mass is 172 g/mol. The zero-order valence-electron chi connectivity index (χ0n) is 5.90. The van der Waals surface area contributed by atoms with E-state index in [1.54, 1.807) is 0 Å². The summed E-state index contributed by atoms with van der Waals surface area (Å²) in [5, 5.41) is 0.194. The topological polar surface area (TPSA) is 17.1 Å². The molecule has 0 amide bonds. The van der Waals surface area contributed by atoms with E-state index in [-0.39, 0.29) is 10.8 Å². The van der Waals surface area contributed by atoms with Gasteiger partial charge in [-0.15, -0.1) is 0 Å². The van der Waals surface area contributed by atoms with E-state index in [0.29, 0.717) is 17.4 Å². The molecule has 0 bridgehead atoms. The van der Waals surface area contributed by atoms with Crippen LogP contribution in [0.2, 0.25) is 5.02 Å². The van der Waals surface area contributed by atoms with E-state index < -0.39 is 0 Å². The summed E-state index contributed by atoms with van der Waals surface area (Å²) < 4.78 is 12.7. The third kappa shape index (κ3) is 1.40. The van der Waals surface area contributed by atoms with E-state index in [1.807, 2.05) is 0 Å². The summed E-state index contributed by atoms with van der Waals surface area (Å²) in [5.74, 6) is -0.388. The van der Waals surface area contributed by atoms with Gasteiger partial charge in [-0.2, -0.15) is 0 Å². The first-order chi connectivity index (χ1) is 5.16. The third-order valence-corrected chi connectivity index (χ3v) is 1.98. The van der Waals surface area contributed by atoms with Crippen molar-refractivity contribution in [3.05, 3.63) is 34.1 Å². The van der Waals surface area contributed by atoms with Crippen LogP contribution >= 0.6 is 11.6 Å². The molecular weight excluding hydrogens is 167 g/mol. The molecule has 0 spiro atoms. The van der Waals surface area contributed by atoms with Crippen LogP contribution in [-0.2, 0) is 0 Å². The maximum atomic E-state index is 12.7. The van der Waals surface area contributed by atoms with Crippen molar-refractivity contribution in [3.63, 3.8) is 0 Å². The highest BCUT2D eigenvalue weighted by atomic mass is 35.5. The second-order valence-corrected chi connectivity index (χ2v) is 2.57. The lowest BCUT2D eigenvalue weighted by atomic mass is 10.1. The molecule has 0 aromatic heterocycles. The van der Waals surface area contributed by atoms with Crippen molar-refractivity contribution in [1.29, 1.82) is 0 Å². The van der Waals surface area contributed by atoms with E-state index in [9.17, 15) is 9.18 Å². The second kappa shape index (κ2) is 3.01. The van der Waals surface area contributed by atoms with Crippen molar-refractivity contribution < 1.29 is 9.18 Å². The van der Waals surface area contributed by atoms with Gasteiger partial charge in [0.15, 0.2) is 6.29 Å². The molecule has 0 aliphatic heterocycles. The summed E-state index contributed by atoms with van der Waals surface area (Å²) in [5.41, 5.74) is 0.641. The Labute approximate surface area is 68.8 Å². The van der Waals surface area contributed by atoms with Crippen molar-refractivity contribution in [2.45, 2.75) is 6.92 Å². The van der Waals surface area contributed by atoms with Gasteiger partial charge in [0.1, 0.15) is 5.82 Å². The van der Waals surface area contributed by atoms with Crippen LogP contribution in [0.15, 0.2) is 12.1 Å². The van der Waals surface area contributed by atoms with Crippen molar-refractivity contribution in [1.82, 2.24) is 0 Å². The molecule has 0 radical (unpaired) electrons. The van der Waals surface area contributed by atoms with Gasteiger partial charge in [0.2, 0.25) is 0 Å². The molecule has 3 heteroatoms. The first-order valence-corrected chi connectivity index (χ1v) is 3.44. The zero-order valence-corrected chi connectivity index (χ0v) is 6.65. The molecule has 0 N–H and O–H groups in total. The number of rotatable bonds is 1. The summed E-state index contributed by atoms with van der Waals surface area (Å²) >= 11 is 5.63. The Morgan fingerprint density at radius 2 is 2.18 bits per heavy atom. The molecule has 1 aromatic rings. The van der Waals surface area contributed by atoms with E-state index in [1.165, 1.54) is 19.1 Å². The molecule has 0 aliphatic carbocycles. The van der Waals surface area contributed by atoms with Crippen LogP contribution in [0.25, 0.3) is 0 Å². The normalized spacial score (nSPS) is 9.73. The highest BCUT2D eigenvalue weighted by Gasteiger charge is 2.05. The lowest BCUT2D eigenvalue weighted by molar-refractivity contribution is 0.112. The molecule has 0 heterocycles. The Bertz CT molecular complexity index is 296. The minimum absolute atomic E-state index is 0.194. The Hall–Kier alpha value is -0.890. The molecule has 0 atom stereocenters. The molecule has 1 rings (SSSR count). The fourth-order valence-corrected chi connectivity index (χ4v) is 0.971. The van der Waals surface area contributed by atoms with Crippen LogP contribution in [0.3, 0.4) is 0 Å². The van der Waals surface area contributed by atoms with Crippen molar-refractivity contribution >= 4 is 17.9 Å². The van der Waals surface area contributed by atoms with Crippen molar-refractivity contribution in [3.8, 4) is 0 Å². The van der Waals surface area contributed by atoms with Gasteiger partial charge in [-0.3, -0.25) is 4.79 Å². The summed E-state index contributed by atoms with van der Waals surface area (Å²) in [6, 6.07) is 2.59. The molecular formula is C8H6ClFO. The van der Waals surface area contributed by atoms with Crippen LogP contribution in [0.4, 0.5) is 4.39 Å². The van der Waals surface area contributed by atoms with Gasteiger partial charge < -0.3 is 0 Å². The van der Waals surface area contributed by atoms with Gasteiger partial charge in [0, 0.05) is 11.1 Å². The molecule has 0 fully saturated rings. The van der Waals surface area contributed by atoms with Gasteiger partial charge in [0.25, 0.3) is 0 Å². The summed E-state index contributed by atoms with van der Waals surface area (Å²) in [7, 11) is 0. The van der Waals surface area contributed by atoms with Crippen molar-refractivity contribution in [2.24, 2.45) is 0 Å². The van der Waals surface area contributed by atoms with Crippen LogP contribution < -0.4 is 0 Å². The zero-order chi connectivity index (χ0) is 8.43. The number of benzene rings is 1. The Balaban J connectivity index is 3.36. The van der Waals surface area contributed by atoms with Gasteiger partial charge in [-0.05, 0) is 19.1 Å². The minimum Gasteiger partial charge on any atom is -0.298 e. The second-order valence-electron chi connectivity index (χ2n) is 2.19. The lowest BCUT2D eigenvalue weighted by Gasteiger charge is -2.00. The van der Waals surface area contributed by atoms with E-state index in [0.717, 1.165) is 0 Å². The predicted octanol–water partition coefficient (Wildman–Crippen LogP) is 2.60. The summed E-state index contributed by atoms with van der Waals surface area (Å²) in [4.78, 5) is 10.3. The molecule has 11 heavy (non-hydrogen) atoms. The number of aldehydes is 1. The molecule has 0 saturated carbocycles. The molecule has 1 aromatic carbocycles. The van der Waals surface area contributed by atoms with Gasteiger partial charge in [0.05, 0.1) is 5.02 Å². The van der Waals surface area contributed by atoms with Crippen LogP contribution in [-0.4, -0.2) is 6.29 Å². The lowest BCUT2D eigenvalue weighted by Crippen LogP contribution is -1.89. The molecule has 1 nitrogen and oxygen atoms in total. The number of hydrogen-bond acceptors (Lipinski definition) is 1. The molecule has 0 aliphatic rings. The third-order valence-electron chi connectivity index (χ3n) is 1.48. The molecule has 0 unspecified atom stereocenters. The minimum atomic E-state index is -0.388. The van der Waals surface area contributed by atoms with Crippen LogP contribution in [0.1, 0.15) is 15.9 Å². The Kier molecular flexibility index (Phi) is 2.25. The highest BCUT2D eigenvalue weighted by Crippen LogP contribution is 2.21. The number of halogens is 2. The predicted molar refractivity (Wildman–Crippen MR) is 41.5 cm³/mol. The first kappa shape index (κ1) is 8.21. The SMILES string of the molecule is Cc1c(F)ccc(C=O)c1Cl. The maximum Gasteiger partial charge on any atom is 0.151 e. The molecule has 58 valence electrons. The molecule has 0 saturated heterocycles. The fraction of sp³-hybridized carbons (Fsp3) is 0.125. The average Bonchev–Trinajstić information content (AvgIpc) is 2.01. The van der Waals surface area contributed by atoms with Crippen LogP contribution in [0.5, 0.6) is 0 Å². The standard InChI is InChI=1S/C8H6ClFO/c1-5-7(10)3-2-6(4-11)8(5)9/h2-4H,1H3. The summed E-state index contributed by atoms with van der Waals surface area (Å²) in [6.07, 6.45) is 0.606. The van der Waals surface area contributed by atoms with Crippen LogP contribution in [0, 0.1) is 12.7 Å². The maximum absolute atomic E-state index is 12.7. The highest BCUT2D eigenvalue weighted by molar-refractivity contribution is 6.33. The number of hydrogen-bond donors (Lipinski definition) is 0. The van der Waals surface area contributed by atoms with Gasteiger partial charge in [-0.1, -0.05) is 11.6 Å². The Morgan fingerprint density at radius 3 is 2.73 bits per heavy atom. The van der Waals surface area contributed by atoms with Gasteiger partial charge >= 0.3 is 0 Å². The first-order valence-electron chi connectivity index (χ1n) is 3.06. The number of carbonyl (C=O) groups excluding carboxylic acids is 1. The average molecular weight is 173 g/mol. The summed E-state index contributed by atoms with van der Waals surface area (Å²) in [6.45, 7) is 1.53.